The molecular formula is C24H25F3N2O. The first-order chi connectivity index (χ1) is 14.0. The van der Waals surface area contributed by atoms with Gasteiger partial charge in [-0.1, -0.05) is 32.0 Å². The molecular weight excluding hydrogens is 389 g/mol. The highest BCUT2D eigenvalue weighted by Gasteiger charge is 2.42. The summed E-state index contributed by atoms with van der Waals surface area (Å²) in [5.41, 5.74) is 3.76. The van der Waals surface area contributed by atoms with Crippen LogP contribution in [0.25, 0.3) is 0 Å². The molecule has 6 heteroatoms. The topological polar surface area (TPSA) is 41.1 Å². The summed E-state index contributed by atoms with van der Waals surface area (Å²) >= 11 is 0. The Hall–Kier alpha value is -2.76. The first-order valence-electron chi connectivity index (χ1n) is 10.0. The fourth-order valence-electron chi connectivity index (χ4n) is 4.45. The number of nitrogens with one attached hydrogen (secondary N) is 2. The molecule has 158 valence electrons. The summed E-state index contributed by atoms with van der Waals surface area (Å²) in [7, 11) is 0. The van der Waals surface area contributed by atoms with Gasteiger partial charge >= 0.3 is 6.18 Å². The van der Waals surface area contributed by atoms with Crippen LogP contribution in [-0.4, -0.2) is 5.78 Å². The van der Waals surface area contributed by atoms with Gasteiger partial charge in [-0.3, -0.25) is 4.79 Å². The molecule has 0 unspecified atom stereocenters. The molecule has 0 spiro atoms. The summed E-state index contributed by atoms with van der Waals surface area (Å²) in [6, 6.07) is 8.53. The average molecular weight is 414 g/mol. The minimum atomic E-state index is -4.51. The number of carbonyl (C=O) groups excluding carboxylic acids is 1. The van der Waals surface area contributed by atoms with Crippen LogP contribution in [0.5, 0.6) is 0 Å². The first kappa shape index (κ1) is 20.5. The van der Waals surface area contributed by atoms with Crippen molar-refractivity contribution in [2.24, 2.45) is 5.41 Å². The molecule has 0 saturated heterocycles. The Morgan fingerprint density at radius 3 is 2.30 bits per heavy atom. The van der Waals surface area contributed by atoms with E-state index >= 15 is 0 Å². The van der Waals surface area contributed by atoms with E-state index in [1.54, 1.807) is 6.07 Å². The van der Waals surface area contributed by atoms with Crippen molar-refractivity contribution < 1.29 is 18.0 Å². The lowest BCUT2D eigenvalue weighted by atomic mass is 9.73. The van der Waals surface area contributed by atoms with Gasteiger partial charge in [-0.25, -0.2) is 0 Å². The zero-order valence-corrected chi connectivity index (χ0v) is 17.5. The number of aryl methyl sites for hydroxylation is 2. The molecule has 1 heterocycles. The molecule has 0 saturated carbocycles. The van der Waals surface area contributed by atoms with Crippen molar-refractivity contribution in [1.29, 1.82) is 0 Å². The van der Waals surface area contributed by atoms with E-state index in [1.165, 1.54) is 12.1 Å². The van der Waals surface area contributed by atoms with Crippen molar-refractivity contribution in [1.82, 2.24) is 0 Å². The summed E-state index contributed by atoms with van der Waals surface area (Å²) in [4.78, 5) is 13.2. The van der Waals surface area contributed by atoms with Crippen LogP contribution in [0.4, 0.5) is 24.5 Å². The largest absolute Gasteiger partial charge is 0.416 e. The Balaban J connectivity index is 1.96. The molecule has 0 aromatic heterocycles. The van der Waals surface area contributed by atoms with E-state index in [0.717, 1.165) is 22.9 Å². The number of alkyl halides is 3. The maximum absolute atomic E-state index is 13.8. The SMILES string of the molecule is Cc1cc2c(cc1C)N[C@H](c1ccccc1C(F)(F)F)C1=C(CC(C)(C)CC1=O)N2. The number of ketones is 1. The highest BCUT2D eigenvalue weighted by molar-refractivity contribution is 6.01. The van der Waals surface area contributed by atoms with Gasteiger partial charge in [-0.15, -0.1) is 0 Å². The van der Waals surface area contributed by atoms with E-state index in [4.69, 9.17) is 0 Å². The lowest BCUT2D eigenvalue weighted by Gasteiger charge is -2.34. The van der Waals surface area contributed by atoms with Gasteiger partial charge in [0.2, 0.25) is 0 Å². The normalized spacial score (nSPS) is 20.6. The fraction of sp³-hybridized carbons (Fsp3) is 0.375. The number of Topliss-reactive ketones (excluding diaryl/α,β-unsaturated/α-hetero) is 1. The van der Waals surface area contributed by atoms with Gasteiger partial charge < -0.3 is 10.6 Å². The Morgan fingerprint density at radius 1 is 1.00 bits per heavy atom. The molecule has 2 aromatic carbocycles. The van der Waals surface area contributed by atoms with Crippen molar-refractivity contribution >= 4 is 17.2 Å². The molecule has 2 N–H and O–H groups in total. The number of rotatable bonds is 1. The first-order valence-corrected chi connectivity index (χ1v) is 10.0. The highest BCUT2D eigenvalue weighted by atomic mass is 19.4. The smallest absolute Gasteiger partial charge is 0.372 e. The monoisotopic (exact) mass is 414 g/mol. The van der Waals surface area contributed by atoms with E-state index in [9.17, 15) is 18.0 Å². The van der Waals surface area contributed by atoms with Crippen molar-refractivity contribution in [3.05, 3.63) is 69.9 Å². The van der Waals surface area contributed by atoms with Crippen LogP contribution in [0.15, 0.2) is 47.7 Å². The number of carbonyl (C=O) groups is 1. The molecule has 3 nitrogen and oxygen atoms in total. The number of fused-ring (bicyclic) bond motifs is 1. The molecule has 0 amide bonds. The van der Waals surface area contributed by atoms with Crippen LogP contribution in [-0.2, 0) is 11.0 Å². The van der Waals surface area contributed by atoms with Gasteiger partial charge in [0.1, 0.15) is 0 Å². The van der Waals surface area contributed by atoms with Gasteiger partial charge in [-0.05, 0) is 60.6 Å². The molecule has 4 rings (SSSR count). The van der Waals surface area contributed by atoms with Crippen molar-refractivity contribution in [3.63, 3.8) is 0 Å². The lowest BCUT2D eigenvalue weighted by Crippen LogP contribution is -2.32. The van der Waals surface area contributed by atoms with Crippen molar-refractivity contribution in [3.8, 4) is 0 Å². The van der Waals surface area contributed by atoms with Crippen LogP contribution in [0.2, 0.25) is 0 Å². The van der Waals surface area contributed by atoms with Gasteiger partial charge in [-0.2, -0.15) is 13.2 Å². The Bertz CT molecular complexity index is 1070. The third kappa shape index (κ3) is 3.59. The standard InChI is InChI=1S/C24H25F3N2O/c1-13-9-17-18(10-14(13)2)29-22(15-7-5-6-8-16(15)24(25,26)27)21-19(28-17)11-23(3,4)12-20(21)30/h5-10,22,28-29H,11-12H2,1-4H3/t22-/m1/s1. The number of anilines is 2. The minimum Gasteiger partial charge on any atom is -0.372 e. The Kier molecular flexibility index (Phi) is 4.71. The number of hydrogen-bond acceptors (Lipinski definition) is 3. The number of benzene rings is 2. The van der Waals surface area contributed by atoms with Crippen LogP contribution in [0.1, 0.15) is 55.0 Å². The second kappa shape index (κ2) is 6.89. The number of halogens is 3. The predicted octanol–water partition coefficient (Wildman–Crippen LogP) is 6.54. The Labute approximate surface area is 174 Å². The lowest BCUT2D eigenvalue weighted by molar-refractivity contribution is -0.138. The van der Waals surface area contributed by atoms with Crippen LogP contribution >= 0.6 is 0 Å². The summed E-state index contributed by atoms with van der Waals surface area (Å²) in [6.07, 6.45) is -3.62. The second-order valence-electron chi connectivity index (χ2n) is 9.10. The molecule has 2 aromatic rings. The second-order valence-corrected chi connectivity index (χ2v) is 9.10. The molecule has 1 aliphatic heterocycles. The van der Waals surface area contributed by atoms with Gasteiger partial charge in [0.05, 0.1) is 23.0 Å². The maximum atomic E-state index is 13.8. The fourth-order valence-corrected chi connectivity index (χ4v) is 4.45. The van der Waals surface area contributed by atoms with Gasteiger partial charge in [0.25, 0.3) is 0 Å². The Morgan fingerprint density at radius 2 is 1.63 bits per heavy atom. The van der Waals surface area contributed by atoms with E-state index < -0.39 is 17.8 Å². The summed E-state index contributed by atoms with van der Waals surface area (Å²) in [5.74, 6) is -0.121. The zero-order chi connectivity index (χ0) is 21.8. The molecule has 1 aliphatic carbocycles. The molecule has 1 atom stereocenters. The van der Waals surface area contributed by atoms with Gasteiger partial charge in [0.15, 0.2) is 5.78 Å². The van der Waals surface area contributed by atoms with Crippen LogP contribution < -0.4 is 10.6 Å². The molecule has 30 heavy (non-hydrogen) atoms. The third-order valence-corrected chi connectivity index (χ3v) is 6.01. The van der Waals surface area contributed by atoms with E-state index in [-0.39, 0.29) is 16.8 Å². The number of hydrogen-bond donors (Lipinski definition) is 2. The minimum absolute atomic E-state index is 0.0680. The highest BCUT2D eigenvalue weighted by Crippen LogP contribution is 2.47. The van der Waals surface area contributed by atoms with Crippen LogP contribution in [0, 0.1) is 19.3 Å². The quantitative estimate of drug-likeness (QED) is 0.556. The van der Waals surface area contributed by atoms with E-state index in [0.29, 0.717) is 29.8 Å². The van der Waals surface area contributed by atoms with Crippen LogP contribution in [0.3, 0.4) is 0 Å². The van der Waals surface area contributed by atoms with E-state index in [2.05, 4.69) is 10.6 Å². The van der Waals surface area contributed by atoms with Gasteiger partial charge in [0, 0.05) is 17.7 Å². The zero-order valence-electron chi connectivity index (χ0n) is 17.5. The predicted molar refractivity (Wildman–Crippen MR) is 112 cm³/mol. The van der Waals surface area contributed by atoms with E-state index in [1.807, 2.05) is 39.8 Å². The maximum Gasteiger partial charge on any atom is 0.416 e. The summed E-state index contributed by atoms with van der Waals surface area (Å²) in [5, 5.41) is 6.66. The van der Waals surface area contributed by atoms with Crippen molar-refractivity contribution in [2.75, 3.05) is 10.6 Å². The van der Waals surface area contributed by atoms with Crippen molar-refractivity contribution in [2.45, 2.75) is 52.8 Å². The molecule has 0 fully saturated rings. The third-order valence-electron chi connectivity index (χ3n) is 6.01. The average Bonchev–Trinajstić information content (AvgIpc) is 2.77. The molecule has 0 bridgehead atoms. The summed E-state index contributed by atoms with van der Waals surface area (Å²) < 4.78 is 41.5. The summed E-state index contributed by atoms with van der Waals surface area (Å²) in [6.45, 7) is 7.97. The molecule has 0 radical (unpaired) electrons. The number of allylic oxidation sites excluding steroid dienone is 1. The molecule has 2 aliphatic rings.